The minimum absolute atomic E-state index is 0.121. The molecule has 0 spiro atoms. The lowest BCUT2D eigenvalue weighted by molar-refractivity contribution is -0.120. The molecule has 2 atom stereocenters. The molecule has 0 unspecified atom stereocenters. The van der Waals surface area contributed by atoms with Crippen LogP contribution in [0.25, 0.3) is 0 Å². The van der Waals surface area contributed by atoms with Gasteiger partial charge in [-0.25, -0.2) is 14.2 Å². The number of carboxylic acid groups (broad SMARTS) is 1. The predicted octanol–water partition coefficient (Wildman–Crippen LogP) is 0.605. The summed E-state index contributed by atoms with van der Waals surface area (Å²) in [6.07, 6.45) is -2.75. The third kappa shape index (κ3) is 2.57. The van der Waals surface area contributed by atoms with E-state index in [-0.39, 0.29) is 31.1 Å². The number of pyridine rings is 1. The zero-order valence-electron chi connectivity index (χ0n) is 11.4. The molecule has 0 saturated carbocycles. The molecule has 0 aromatic carbocycles. The Morgan fingerprint density at radius 1 is 1.45 bits per heavy atom. The standard InChI is InChI=1S/C13H13FN4O4/c14-6-3-9(18(5-6)13(21)22)12(20)17-10-2-1-7-8(15-10)4-11(19)16-7/h1-2,6,9H,3-5H2,(H,16,19)(H,21,22)(H,15,17,20)/t6-,9-/m1/s1. The first kappa shape index (κ1) is 14.2. The van der Waals surface area contributed by atoms with Gasteiger partial charge in [0.1, 0.15) is 18.0 Å². The molecule has 1 aromatic heterocycles. The monoisotopic (exact) mass is 308 g/mol. The van der Waals surface area contributed by atoms with Gasteiger partial charge in [0, 0.05) is 6.42 Å². The van der Waals surface area contributed by atoms with Crippen LogP contribution in [-0.4, -0.2) is 51.7 Å². The molecule has 0 radical (unpaired) electrons. The number of fused-ring (bicyclic) bond motifs is 1. The van der Waals surface area contributed by atoms with Gasteiger partial charge in [-0.1, -0.05) is 0 Å². The van der Waals surface area contributed by atoms with Gasteiger partial charge in [-0.05, 0) is 12.1 Å². The summed E-state index contributed by atoms with van der Waals surface area (Å²) >= 11 is 0. The van der Waals surface area contributed by atoms with Crippen molar-refractivity contribution in [1.82, 2.24) is 9.88 Å². The molecule has 0 aliphatic carbocycles. The van der Waals surface area contributed by atoms with Crippen LogP contribution in [0.15, 0.2) is 12.1 Å². The lowest BCUT2D eigenvalue weighted by Gasteiger charge is -2.20. The number of nitrogens with one attached hydrogen (secondary N) is 2. The first-order valence-corrected chi connectivity index (χ1v) is 6.68. The molecule has 3 heterocycles. The third-order valence-electron chi connectivity index (χ3n) is 3.63. The Balaban J connectivity index is 1.73. The maximum Gasteiger partial charge on any atom is 0.408 e. The van der Waals surface area contributed by atoms with Crippen molar-refractivity contribution in [3.05, 3.63) is 17.8 Å². The Labute approximate surface area is 124 Å². The van der Waals surface area contributed by atoms with Crippen LogP contribution in [0.2, 0.25) is 0 Å². The van der Waals surface area contributed by atoms with Crippen molar-refractivity contribution in [2.45, 2.75) is 25.1 Å². The van der Waals surface area contributed by atoms with E-state index < -0.39 is 24.2 Å². The number of aromatic nitrogens is 1. The first-order valence-electron chi connectivity index (χ1n) is 6.68. The molecule has 1 aromatic rings. The number of carbonyl (C=O) groups is 3. The summed E-state index contributed by atoms with van der Waals surface area (Å²) in [4.78, 5) is 39.3. The van der Waals surface area contributed by atoms with Gasteiger partial charge in [-0.3, -0.25) is 14.5 Å². The van der Waals surface area contributed by atoms with Gasteiger partial charge in [0.2, 0.25) is 11.8 Å². The van der Waals surface area contributed by atoms with Crippen molar-refractivity contribution in [3.63, 3.8) is 0 Å². The summed E-state index contributed by atoms with van der Waals surface area (Å²) in [6, 6.07) is 2.02. The number of hydrogen-bond donors (Lipinski definition) is 3. The van der Waals surface area contributed by atoms with Crippen molar-refractivity contribution >= 4 is 29.4 Å². The fourth-order valence-electron chi connectivity index (χ4n) is 2.62. The molecular weight excluding hydrogens is 295 g/mol. The molecule has 1 fully saturated rings. The average Bonchev–Trinajstić information content (AvgIpc) is 3.00. The van der Waals surface area contributed by atoms with Crippen LogP contribution in [0, 0.1) is 0 Å². The summed E-state index contributed by atoms with van der Waals surface area (Å²) in [5, 5.41) is 14.1. The molecule has 3 rings (SSSR count). The molecule has 3 amide bonds. The second kappa shape index (κ2) is 5.24. The van der Waals surface area contributed by atoms with E-state index in [4.69, 9.17) is 5.11 Å². The fourth-order valence-corrected chi connectivity index (χ4v) is 2.62. The second-order valence-electron chi connectivity index (χ2n) is 5.19. The summed E-state index contributed by atoms with van der Waals surface area (Å²) in [6.45, 7) is -0.316. The van der Waals surface area contributed by atoms with Crippen LogP contribution >= 0.6 is 0 Å². The number of amides is 3. The number of nitrogens with zero attached hydrogens (tertiary/aromatic N) is 2. The fraction of sp³-hybridized carbons (Fsp3) is 0.385. The number of alkyl halides is 1. The lowest BCUT2D eigenvalue weighted by Crippen LogP contribution is -2.42. The van der Waals surface area contributed by atoms with Gasteiger partial charge >= 0.3 is 6.09 Å². The first-order chi connectivity index (χ1) is 10.4. The molecule has 3 N–H and O–H groups in total. The summed E-state index contributed by atoms with van der Waals surface area (Å²) < 4.78 is 13.4. The minimum Gasteiger partial charge on any atom is -0.465 e. The van der Waals surface area contributed by atoms with Crippen LogP contribution in [0.1, 0.15) is 12.1 Å². The van der Waals surface area contributed by atoms with E-state index in [1.54, 1.807) is 6.07 Å². The van der Waals surface area contributed by atoms with E-state index in [0.717, 1.165) is 4.90 Å². The van der Waals surface area contributed by atoms with Crippen molar-refractivity contribution in [2.24, 2.45) is 0 Å². The van der Waals surface area contributed by atoms with Crippen LogP contribution in [0.5, 0.6) is 0 Å². The molecule has 9 heteroatoms. The quantitative estimate of drug-likeness (QED) is 0.741. The van der Waals surface area contributed by atoms with Crippen molar-refractivity contribution in [3.8, 4) is 0 Å². The van der Waals surface area contributed by atoms with Gasteiger partial charge in [0.15, 0.2) is 0 Å². The molecule has 1 saturated heterocycles. The molecule has 2 aliphatic rings. The zero-order valence-corrected chi connectivity index (χ0v) is 11.4. The summed E-state index contributed by atoms with van der Waals surface area (Å²) in [7, 11) is 0. The van der Waals surface area contributed by atoms with Gasteiger partial charge in [-0.2, -0.15) is 0 Å². The Morgan fingerprint density at radius 2 is 2.23 bits per heavy atom. The molecule has 116 valence electrons. The van der Waals surface area contributed by atoms with Crippen molar-refractivity contribution in [2.75, 3.05) is 17.2 Å². The summed E-state index contributed by atoms with van der Waals surface area (Å²) in [5.74, 6) is -0.612. The number of hydrogen-bond acceptors (Lipinski definition) is 4. The van der Waals surface area contributed by atoms with Gasteiger partial charge in [-0.15, -0.1) is 0 Å². The highest BCUT2D eigenvalue weighted by Crippen LogP contribution is 2.24. The number of halogens is 1. The van der Waals surface area contributed by atoms with E-state index in [0.29, 0.717) is 11.4 Å². The number of carbonyl (C=O) groups excluding carboxylic acids is 2. The highest BCUT2D eigenvalue weighted by Gasteiger charge is 2.40. The Bertz CT molecular complexity index is 665. The highest BCUT2D eigenvalue weighted by atomic mass is 19.1. The van der Waals surface area contributed by atoms with Crippen molar-refractivity contribution < 1.29 is 23.9 Å². The van der Waals surface area contributed by atoms with Crippen LogP contribution in [-0.2, 0) is 16.0 Å². The van der Waals surface area contributed by atoms with Crippen molar-refractivity contribution in [1.29, 1.82) is 0 Å². The van der Waals surface area contributed by atoms with Crippen LogP contribution in [0.4, 0.5) is 20.7 Å². The topological polar surface area (TPSA) is 112 Å². The third-order valence-corrected chi connectivity index (χ3v) is 3.63. The van der Waals surface area contributed by atoms with E-state index >= 15 is 0 Å². The minimum atomic E-state index is -1.36. The van der Waals surface area contributed by atoms with E-state index in [2.05, 4.69) is 15.6 Å². The van der Waals surface area contributed by atoms with E-state index in [9.17, 15) is 18.8 Å². The Kier molecular flexibility index (Phi) is 3.39. The Morgan fingerprint density at radius 3 is 2.95 bits per heavy atom. The maximum atomic E-state index is 13.4. The van der Waals surface area contributed by atoms with Gasteiger partial charge in [0.25, 0.3) is 0 Å². The molecule has 8 nitrogen and oxygen atoms in total. The average molecular weight is 308 g/mol. The maximum absolute atomic E-state index is 13.4. The zero-order chi connectivity index (χ0) is 15.9. The van der Waals surface area contributed by atoms with Crippen LogP contribution in [0.3, 0.4) is 0 Å². The van der Waals surface area contributed by atoms with Gasteiger partial charge < -0.3 is 15.7 Å². The van der Waals surface area contributed by atoms with E-state index in [1.807, 2.05) is 0 Å². The second-order valence-corrected chi connectivity index (χ2v) is 5.19. The lowest BCUT2D eigenvalue weighted by atomic mass is 10.2. The molecule has 2 aliphatic heterocycles. The smallest absolute Gasteiger partial charge is 0.408 e. The molecular formula is C13H13FN4O4. The van der Waals surface area contributed by atoms with Gasteiger partial charge in [0.05, 0.1) is 24.3 Å². The van der Waals surface area contributed by atoms with Crippen LogP contribution < -0.4 is 10.6 Å². The molecule has 0 bridgehead atoms. The Hall–Kier alpha value is -2.71. The van der Waals surface area contributed by atoms with E-state index in [1.165, 1.54) is 6.07 Å². The molecule has 22 heavy (non-hydrogen) atoms. The normalized spacial score (nSPS) is 23.1. The number of rotatable bonds is 2. The predicted molar refractivity (Wildman–Crippen MR) is 73.2 cm³/mol. The number of likely N-dealkylation sites (tertiary alicyclic amines) is 1. The highest BCUT2D eigenvalue weighted by molar-refractivity contribution is 5.99. The number of anilines is 2. The summed E-state index contributed by atoms with van der Waals surface area (Å²) in [5.41, 5.74) is 1.09. The SMILES string of the molecule is O=C1Cc2nc(NC(=O)[C@H]3C[C@@H](F)CN3C(=O)O)ccc2N1. The largest absolute Gasteiger partial charge is 0.465 e.